The van der Waals surface area contributed by atoms with Gasteiger partial charge in [0.15, 0.2) is 0 Å². The molecule has 76 heavy (non-hydrogen) atoms. The van der Waals surface area contributed by atoms with Crippen molar-refractivity contribution in [3.8, 4) is 0 Å². The lowest BCUT2D eigenvalue weighted by Gasteiger charge is -1.92. The molecule has 0 fully saturated rings. The van der Waals surface area contributed by atoms with Crippen LogP contribution in [-0.2, 0) is 0 Å². The zero-order valence-electron chi connectivity index (χ0n) is 52.7. The average Bonchev–Trinajstić information content (AvgIpc) is 3.59. The van der Waals surface area contributed by atoms with E-state index in [0.29, 0.717) is 0 Å². The van der Waals surface area contributed by atoms with Gasteiger partial charge in [0.1, 0.15) is 0 Å². The molecule has 0 aromatic heterocycles. The molecule has 0 saturated carbocycles. The van der Waals surface area contributed by atoms with Gasteiger partial charge in [0.2, 0.25) is 0 Å². The summed E-state index contributed by atoms with van der Waals surface area (Å²) in [5, 5.41) is 7.86. The number of hydrogen-bond donors (Lipinski definition) is 0. The van der Waals surface area contributed by atoms with Crippen molar-refractivity contribution >= 4 is 32.3 Å². The summed E-state index contributed by atoms with van der Waals surface area (Å²) in [6, 6.07) is 98.1. The largest absolute Gasteiger partial charge is 0.0683 e. The summed E-state index contributed by atoms with van der Waals surface area (Å²) in [6.07, 6.45) is 0. The van der Waals surface area contributed by atoms with Gasteiger partial charge >= 0.3 is 0 Å². The standard InChI is InChI=1S/3C10H8.4C6H6.11C2H6/c3*1-2-6-10-8-4-3-7-9(10)5-1;4*1-2-4-6-5-3-1;11*1-2/h3*1-8H;4*1-6H;11*1-2H3. The zero-order chi connectivity index (χ0) is 59.4. The molecule has 0 heteroatoms. The molecule has 0 amide bonds. The maximum Gasteiger partial charge on any atom is -0.0184 e. The van der Waals surface area contributed by atoms with Gasteiger partial charge in [0, 0.05) is 0 Å². The normalized spacial score (nSPS) is 7.34. The Bertz CT molecular complexity index is 1720. The highest BCUT2D eigenvalue weighted by Crippen LogP contribution is 2.13. The van der Waals surface area contributed by atoms with E-state index in [-0.39, 0.29) is 0 Å². The van der Waals surface area contributed by atoms with Gasteiger partial charge in [-0.1, -0.05) is 444 Å². The topological polar surface area (TPSA) is 0 Å². The molecule has 0 radical (unpaired) electrons. The second kappa shape index (κ2) is 87.7. The lowest BCUT2D eigenvalue weighted by molar-refractivity contribution is 1.50. The first-order valence-corrected chi connectivity index (χ1v) is 29.2. The predicted octanol–water partition coefficient (Wildman–Crippen LogP) is 26.6. The molecule has 0 atom stereocenters. The van der Waals surface area contributed by atoms with Crippen molar-refractivity contribution in [2.45, 2.75) is 152 Å². The minimum Gasteiger partial charge on any atom is -0.0683 e. The summed E-state index contributed by atoms with van der Waals surface area (Å²) in [6.45, 7) is 44.0. The molecule has 0 aliphatic heterocycles. The van der Waals surface area contributed by atoms with E-state index < -0.39 is 0 Å². The SMILES string of the molecule is CC.CC.CC.CC.CC.CC.CC.CC.CC.CC.CC.c1ccc2ccccc2c1.c1ccc2ccccc2c1.c1ccc2ccccc2c1.c1ccccc1.c1ccccc1.c1ccccc1.c1ccccc1. The molecule has 10 aromatic carbocycles. The fourth-order valence-corrected chi connectivity index (χ4v) is 4.94. The van der Waals surface area contributed by atoms with Crippen molar-refractivity contribution in [3.63, 3.8) is 0 Å². The smallest absolute Gasteiger partial charge is 0.0184 e. The molecular formula is C76H114. The predicted molar refractivity (Wildman–Crippen MR) is 362 cm³/mol. The molecule has 0 nitrogen and oxygen atoms in total. The zero-order valence-corrected chi connectivity index (χ0v) is 52.7. The van der Waals surface area contributed by atoms with Gasteiger partial charge in [-0.05, 0) is 32.3 Å². The summed E-state index contributed by atoms with van der Waals surface area (Å²) >= 11 is 0. The van der Waals surface area contributed by atoms with E-state index in [1.807, 2.05) is 298 Å². The monoisotopic (exact) mass is 1030 g/mol. The lowest BCUT2D eigenvalue weighted by atomic mass is 10.1. The third kappa shape index (κ3) is 57.9. The maximum atomic E-state index is 2.12. The number of fused-ring (bicyclic) bond motifs is 3. The van der Waals surface area contributed by atoms with Crippen LogP contribution < -0.4 is 0 Å². The Morgan fingerprint density at radius 1 is 0.0921 bits per heavy atom. The van der Waals surface area contributed by atoms with Gasteiger partial charge in [-0.3, -0.25) is 0 Å². The van der Waals surface area contributed by atoms with Crippen molar-refractivity contribution < 1.29 is 0 Å². The fourth-order valence-electron chi connectivity index (χ4n) is 4.94. The maximum absolute atomic E-state index is 2.12. The third-order valence-electron chi connectivity index (χ3n) is 7.64. The van der Waals surface area contributed by atoms with Gasteiger partial charge < -0.3 is 0 Å². The molecule has 10 aromatic rings. The van der Waals surface area contributed by atoms with Crippen LogP contribution in [0.5, 0.6) is 0 Å². The Kier molecular flexibility index (Phi) is 98.9. The molecule has 0 unspecified atom stereocenters. The Hall–Kier alpha value is -7.02. The minimum atomic E-state index is 1.31. The quantitative estimate of drug-likeness (QED) is 0.142. The van der Waals surface area contributed by atoms with Gasteiger partial charge in [0.05, 0.1) is 0 Å². The molecule has 0 spiro atoms. The van der Waals surface area contributed by atoms with E-state index >= 15 is 0 Å². The highest BCUT2D eigenvalue weighted by molar-refractivity contribution is 5.83. The molecule has 0 aliphatic rings. The summed E-state index contributed by atoms with van der Waals surface area (Å²) in [5.74, 6) is 0. The van der Waals surface area contributed by atoms with Crippen molar-refractivity contribution in [1.82, 2.24) is 0 Å². The summed E-state index contributed by atoms with van der Waals surface area (Å²) in [5.41, 5.74) is 0. The second-order valence-corrected chi connectivity index (χ2v) is 11.7. The fraction of sp³-hybridized carbons (Fsp3) is 0.289. The number of benzene rings is 10. The molecule has 0 N–H and O–H groups in total. The van der Waals surface area contributed by atoms with E-state index in [2.05, 4.69) is 146 Å². The molecule has 418 valence electrons. The molecule has 0 saturated heterocycles. The number of hydrogen-bond acceptors (Lipinski definition) is 0. The van der Waals surface area contributed by atoms with Gasteiger partial charge in [0.25, 0.3) is 0 Å². The summed E-state index contributed by atoms with van der Waals surface area (Å²) in [7, 11) is 0. The first kappa shape index (κ1) is 85.7. The first-order chi connectivity index (χ1) is 37.9. The van der Waals surface area contributed by atoms with Crippen LogP contribution in [0.1, 0.15) is 152 Å². The first-order valence-electron chi connectivity index (χ1n) is 29.2. The molecule has 10 rings (SSSR count). The minimum absolute atomic E-state index is 1.31. The van der Waals surface area contributed by atoms with E-state index in [0.717, 1.165) is 0 Å². The molecule has 0 aliphatic carbocycles. The van der Waals surface area contributed by atoms with Gasteiger partial charge in [-0.15, -0.1) is 0 Å². The van der Waals surface area contributed by atoms with Crippen molar-refractivity contribution in [2.24, 2.45) is 0 Å². The Morgan fingerprint density at radius 2 is 0.145 bits per heavy atom. The van der Waals surface area contributed by atoms with Crippen LogP contribution in [0.25, 0.3) is 32.3 Å². The highest BCUT2D eigenvalue weighted by atomic mass is 13.9. The Morgan fingerprint density at radius 3 is 0.197 bits per heavy atom. The van der Waals surface area contributed by atoms with Crippen LogP contribution in [0.2, 0.25) is 0 Å². The van der Waals surface area contributed by atoms with Crippen LogP contribution in [-0.4, -0.2) is 0 Å². The molecule has 0 bridgehead atoms. The van der Waals surface area contributed by atoms with Crippen LogP contribution >= 0.6 is 0 Å². The third-order valence-corrected chi connectivity index (χ3v) is 7.64. The lowest BCUT2D eigenvalue weighted by Crippen LogP contribution is -1.67. The Balaban J connectivity index is -0.000000112. The molecular weight excluding hydrogens is 913 g/mol. The van der Waals surface area contributed by atoms with Gasteiger partial charge in [-0.25, -0.2) is 0 Å². The van der Waals surface area contributed by atoms with Crippen LogP contribution in [0.3, 0.4) is 0 Å². The van der Waals surface area contributed by atoms with Crippen molar-refractivity contribution in [1.29, 1.82) is 0 Å². The number of rotatable bonds is 0. The highest BCUT2D eigenvalue weighted by Gasteiger charge is 1.87. The van der Waals surface area contributed by atoms with Crippen LogP contribution in [0.4, 0.5) is 0 Å². The van der Waals surface area contributed by atoms with E-state index in [9.17, 15) is 0 Å². The second-order valence-electron chi connectivity index (χ2n) is 11.7. The van der Waals surface area contributed by atoms with E-state index in [4.69, 9.17) is 0 Å². The van der Waals surface area contributed by atoms with E-state index in [1.165, 1.54) is 32.3 Å². The Labute approximate surface area is 473 Å². The van der Waals surface area contributed by atoms with Crippen molar-refractivity contribution in [2.75, 3.05) is 0 Å². The van der Waals surface area contributed by atoms with Crippen molar-refractivity contribution in [3.05, 3.63) is 291 Å². The van der Waals surface area contributed by atoms with Gasteiger partial charge in [-0.2, -0.15) is 0 Å². The van der Waals surface area contributed by atoms with Crippen LogP contribution in [0.15, 0.2) is 291 Å². The summed E-state index contributed by atoms with van der Waals surface area (Å²) in [4.78, 5) is 0. The molecule has 0 heterocycles. The summed E-state index contributed by atoms with van der Waals surface area (Å²) < 4.78 is 0. The van der Waals surface area contributed by atoms with Crippen LogP contribution in [0, 0.1) is 0 Å². The average molecular weight is 1030 g/mol. The van der Waals surface area contributed by atoms with E-state index in [1.54, 1.807) is 0 Å².